The molecule has 0 bridgehead atoms. The molecule has 0 amide bonds. The average molecular weight is 335 g/mol. The van der Waals surface area contributed by atoms with Crippen molar-refractivity contribution in [3.05, 3.63) is 11.6 Å². The van der Waals surface area contributed by atoms with Crippen molar-refractivity contribution in [2.75, 3.05) is 14.2 Å². The van der Waals surface area contributed by atoms with E-state index in [2.05, 4.69) is 18.6 Å². The summed E-state index contributed by atoms with van der Waals surface area (Å²) in [6, 6.07) is 0. The molecule has 3 fully saturated rings. The lowest BCUT2D eigenvalue weighted by molar-refractivity contribution is -0.118. The minimum Gasteiger partial charge on any atom is -0.393 e. The van der Waals surface area contributed by atoms with Gasteiger partial charge in [0.05, 0.1) is 6.10 Å². The van der Waals surface area contributed by atoms with E-state index in [-0.39, 0.29) is 16.9 Å². The topological polar surface area (TPSA) is 46.5 Å². The quantitative estimate of drug-likeness (QED) is 0.724. The zero-order valence-electron chi connectivity index (χ0n) is 15.8. The smallest absolute Gasteiger partial charge is 0.155 e. The van der Waals surface area contributed by atoms with Crippen molar-refractivity contribution in [3.63, 3.8) is 0 Å². The molecule has 0 aliphatic heterocycles. The highest BCUT2D eigenvalue weighted by Gasteiger charge is 2.58. The van der Waals surface area contributed by atoms with Gasteiger partial charge in [-0.3, -0.25) is 4.79 Å². The van der Waals surface area contributed by atoms with Gasteiger partial charge in [0.1, 0.15) is 0 Å². The van der Waals surface area contributed by atoms with Crippen molar-refractivity contribution in [1.29, 1.82) is 0 Å². The van der Waals surface area contributed by atoms with Crippen LogP contribution in [0.5, 0.6) is 0 Å². The van der Waals surface area contributed by atoms with Gasteiger partial charge in [-0.2, -0.15) is 0 Å². The number of fused-ring (bicyclic) bond motifs is 5. The van der Waals surface area contributed by atoms with Crippen LogP contribution >= 0.6 is 0 Å². The summed E-state index contributed by atoms with van der Waals surface area (Å²) in [4.78, 5) is 11.8. The van der Waals surface area contributed by atoms with Crippen molar-refractivity contribution in [2.45, 2.75) is 71.3 Å². The molecule has 0 unspecified atom stereocenters. The van der Waals surface area contributed by atoms with Crippen molar-refractivity contribution in [2.24, 2.45) is 28.6 Å². The Morgan fingerprint density at radius 2 is 1.75 bits per heavy atom. The maximum absolute atomic E-state index is 11.8. The van der Waals surface area contributed by atoms with E-state index in [1.165, 1.54) is 31.3 Å². The van der Waals surface area contributed by atoms with Crippen LogP contribution in [0.3, 0.4) is 0 Å². The Hall–Kier alpha value is -0.670. The number of carbonyl (C=O) groups excluding carboxylic acids is 1. The molecule has 3 saturated carbocycles. The number of allylic oxidation sites excluding steroid dienone is 1. The summed E-state index contributed by atoms with van der Waals surface area (Å²) in [5, 5.41) is 10.4. The van der Waals surface area contributed by atoms with Crippen molar-refractivity contribution < 1.29 is 14.6 Å². The second-order valence-electron chi connectivity index (χ2n) is 9.01. The van der Waals surface area contributed by atoms with Gasteiger partial charge in [0.25, 0.3) is 0 Å². The number of ketones is 1. The molecule has 1 N–H and O–H groups in total. The largest absolute Gasteiger partial charge is 0.393 e. The zero-order valence-corrected chi connectivity index (χ0v) is 15.8. The zero-order chi connectivity index (χ0) is 17.5. The predicted molar refractivity (Wildman–Crippen MR) is 95.6 cm³/mol. The Bertz CT molecular complexity index is 525. The highest BCUT2D eigenvalue weighted by atomic mass is 16.4. The van der Waals surface area contributed by atoms with Crippen LogP contribution in [0.1, 0.15) is 65.2 Å². The van der Waals surface area contributed by atoms with E-state index >= 15 is 0 Å². The van der Waals surface area contributed by atoms with Crippen LogP contribution in [0, 0.1) is 28.6 Å². The Balaban J connectivity index is 0.000000526. The van der Waals surface area contributed by atoms with Gasteiger partial charge < -0.3 is 9.84 Å². The third kappa shape index (κ3) is 2.68. The molecule has 4 aliphatic rings. The van der Waals surface area contributed by atoms with Gasteiger partial charge in [-0.25, -0.2) is 0 Å². The summed E-state index contributed by atoms with van der Waals surface area (Å²) in [5.41, 5.74) is 1.89. The van der Waals surface area contributed by atoms with Crippen LogP contribution in [-0.2, 0) is 9.53 Å². The maximum Gasteiger partial charge on any atom is 0.155 e. The van der Waals surface area contributed by atoms with Crippen LogP contribution < -0.4 is 0 Å². The number of aliphatic hydroxyl groups excluding tert-OH is 1. The fourth-order valence-corrected chi connectivity index (χ4v) is 6.53. The summed E-state index contributed by atoms with van der Waals surface area (Å²) >= 11 is 0. The van der Waals surface area contributed by atoms with Gasteiger partial charge in [0, 0.05) is 20.6 Å². The van der Waals surface area contributed by atoms with Gasteiger partial charge in [0.15, 0.2) is 5.78 Å². The summed E-state index contributed by atoms with van der Waals surface area (Å²) < 4.78 is 4.25. The highest BCUT2D eigenvalue weighted by Crippen LogP contribution is 2.65. The first-order valence-corrected chi connectivity index (χ1v) is 9.69. The molecule has 0 aromatic heterocycles. The molecule has 4 aliphatic carbocycles. The Morgan fingerprint density at radius 1 is 1.04 bits per heavy atom. The van der Waals surface area contributed by atoms with Gasteiger partial charge in [-0.15, -0.1) is 0 Å². The number of aliphatic hydroxyl groups is 1. The normalized spacial score (nSPS) is 46.9. The second-order valence-corrected chi connectivity index (χ2v) is 9.01. The lowest BCUT2D eigenvalue weighted by Gasteiger charge is -2.57. The lowest BCUT2D eigenvalue weighted by Crippen LogP contribution is -2.51. The first-order chi connectivity index (χ1) is 11.4. The molecule has 0 radical (unpaired) electrons. The van der Waals surface area contributed by atoms with Crippen LogP contribution in [0.15, 0.2) is 11.6 Å². The number of methoxy groups -OCH3 is 1. The van der Waals surface area contributed by atoms with Crippen molar-refractivity contribution in [3.8, 4) is 0 Å². The van der Waals surface area contributed by atoms with E-state index in [9.17, 15) is 9.90 Å². The van der Waals surface area contributed by atoms with Crippen LogP contribution in [0.2, 0.25) is 0 Å². The Kier molecular flexibility index (Phi) is 4.96. The molecule has 136 valence electrons. The number of carbonyl (C=O) groups is 1. The summed E-state index contributed by atoms with van der Waals surface area (Å²) in [7, 11) is 3.25. The van der Waals surface area contributed by atoms with Crippen LogP contribution in [0.25, 0.3) is 0 Å². The van der Waals surface area contributed by atoms with E-state index < -0.39 is 0 Å². The second kappa shape index (κ2) is 6.57. The van der Waals surface area contributed by atoms with E-state index in [1.807, 2.05) is 6.08 Å². The van der Waals surface area contributed by atoms with Gasteiger partial charge >= 0.3 is 0 Å². The number of hydrogen-bond donors (Lipinski definition) is 1. The molecule has 4 rings (SSSR count). The fraction of sp³-hybridized carbons (Fsp3) is 0.857. The minimum absolute atomic E-state index is 0.0823. The van der Waals surface area contributed by atoms with Crippen LogP contribution in [0.4, 0.5) is 0 Å². The van der Waals surface area contributed by atoms with Gasteiger partial charge in [-0.05, 0) is 79.6 Å². The number of hydrogen-bond acceptors (Lipinski definition) is 3. The SMILES string of the molecule is COC.C[C@]12CC[C@H]3[C@@H](CCC4=CC(=O)CC[C@@]43C)[C@@H]1CC[C@@H]2O. The van der Waals surface area contributed by atoms with E-state index in [0.717, 1.165) is 37.5 Å². The Labute approximate surface area is 146 Å². The first-order valence-electron chi connectivity index (χ1n) is 9.69. The molecule has 0 aromatic rings. The van der Waals surface area contributed by atoms with E-state index in [1.54, 1.807) is 14.2 Å². The molecule has 0 spiro atoms. The third-order valence-electron chi connectivity index (χ3n) is 7.91. The number of ether oxygens (including phenoxy) is 1. The molecule has 0 heterocycles. The maximum atomic E-state index is 11.8. The average Bonchev–Trinajstić information content (AvgIpc) is 2.84. The van der Waals surface area contributed by atoms with Gasteiger partial charge in [-0.1, -0.05) is 19.4 Å². The molecule has 3 heteroatoms. The van der Waals surface area contributed by atoms with Crippen molar-refractivity contribution in [1.82, 2.24) is 0 Å². The number of rotatable bonds is 0. The highest BCUT2D eigenvalue weighted by molar-refractivity contribution is 5.91. The van der Waals surface area contributed by atoms with Crippen LogP contribution in [-0.4, -0.2) is 31.2 Å². The monoisotopic (exact) mass is 334 g/mol. The predicted octanol–water partition coefficient (Wildman–Crippen LogP) is 4.14. The summed E-state index contributed by atoms with van der Waals surface area (Å²) in [5.74, 6) is 2.57. The summed E-state index contributed by atoms with van der Waals surface area (Å²) in [6.07, 6.45) is 10.7. The van der Waals surface area contributed by atoms with Gasteiger partial charge in [0.2, 0.25) is 0 Å². The minimum atomic E-state index is -0.0823. The lowest BCUT2D eigenvalue weighted by atomic mass is 9.47. The fourth-order valence-electron chi connectivity index (χ4n) is 6.53. The Morgan fingerprint density at radius 3 is 2.46 bits per heavy atom. The molecule has 3 nitrogen and oxygen atoms in total. The molecular formula is C21H34O3. The molecular weight excluding hydrogens is 300 g/mol. The third-order valence-corrected chi connectivity index (χ3v) is 7.91. The first kappa shape index (κ1) is 18.1. The molecule has 0 aromatic carbocycles. The van der Waals surface area contributed by atoms with E-state index in [0.29, 0.717) is 11.7 Å². The summed E-state index contributed by atoms with van der Waals surface area (Å²) in [6.45, 7) is 4.76. The van der Waals surface area contributed by atoms with E-state index in [4.69, 9.17) is 0 Å². The molecule has 0 saturated heterocycles. The molecule has 6 atom stereocenters. The van der Waals surface area contributed by atoms with Crippen molar-refractivity contribution >= 4 is 5.78 Å². The standard InChI is InChI=1S/C19H28O2.C2H6O/c1-18-9-7-13(20)11-12(18)3-4-14-15-5-6-17(21)19(15,2)10-8-16(14)18;1-3-2/h11,14-17,21H,3-10H2,1-2H3;1-2H3/t14-,15-,16-,17-,18-,19-;/m0./s1. The molecule has 24 heavy (non-hydrogen) atoms.